The first kappa shape index (κ1) is 19.9. The molecule has 0 fully saturated rings. The van der Waals surface area contributed by atoms with Gasteiger partial charge < -0.3 is 5.32 Å². The molecule has 8 heteroatoms. The third-order valence-electron chi connectivity index (χ3n) is 3.97. The normalized spacial score (nSPS) is 11.1. The number of rotatable bonds is 5. The van der Waals surface area contributed by atoms with Crippen LogP contribution in [0.1, 0.15) is 15.9 Å². The van der Waals surface area contributed by atoms with Gasteiger partial charge in [0.25, 0.3) is 15.9 Å². The van der Waals surface area contributed by atoms with Gasteiger partial charge in [0, 0.05) is 10.7 Å². The van der Waals surface area contributed by atoms with Crippen molar-refractivity contribution in [1.82, 2.24) is 0 Å². The number of anilines is 2. The van der Waals surface area contributed by atoms with E-state index in [2.05, 4.69) is 10.0 Å². The smallest absolute Gasteiger partial charge is 0.261 e. The summed E-state index contributed by atoms with van der Waals surface area (Å²) in [6, 6.07) is 16.0. The van der Waals surface area contributed by atoms with Gasteiger partial charge in [0.1, 0.15) is 5.82 Å². The molecule has 3 rings (SSSR count). The van der Waals surface area contributed by atoms with E-state index in [-0.39, 0.29) is 10.5 Å². The Morgan fingerprint density at radius 1 is 0.964 bits per heavy atom. The van der Waals surface area contributed by atoms with E-state index in [0.717, 1.165) is 5.56 Å². The second-order valence-electron chi connectivity index (χ2n) is 6.03. The van der Waals surface area contributed by atoms with Crippen molar-refractivity contribution in [3.05, 3.63) is 88.7 Å². The quantitative estimate of drug-likeness (QED) is 0.622. The fraction of sp³-hybridized carbons (Fsp3) is 0.0500. The van der Waals surface area contributed by atoms with E-state index in [0.29, 0.717) is 16.4 Å². The van der Waals surface area contributed by atoms with E-state index < -0.39 is 21.7 Å². The Hall–Kier alpha value is -2.90. The highest BCUT2D eigenvalue weighted by molar-refractivity contribution is 7.92. The van der Waals surface area contributed by atoms with E-state index in [1.165, 1.54) is 48.5 Å². The van der Waals surface area contributed by atoms with Crippen LogP contribution >= 0.6 is 11.6 Å². The summed E-state index contributed by atoms with van der Waals surface area (Å²) >= 11 is 6.02. The number of nitrogens with one attached hydrogen (secondary N) is 2. The van der Waals surface area contributed by atoms with E-state index in [4.69, 9.17) is 11.6 Å². The summed E-state index contributed by atoms with van der Waals surface area (Å²) < 4.78 is 41.1. The maximum absolute atomic E-state index is 13.7. The second-order valence-corrected chi connectivity index (χ2v) is 8.12. The van der Waals surface area contributed by atoms with Crippen LogP contribution in [-0.2, 0) is 10.0 Å². The highest BCUT2D eigenvalue weighted by Gasteiger charge is 2.16. The Morgan fingerprint density at radius 3 is 2.25 bits per heavy atom. The molecule has 0 aromatic heterocycles. The minimum absolute atomic E-state index is 0.00749. The molecule has 0 bridgehead atoms. The fourth-order valence-electron chi connectivity index (χ4n) is 2.43. The van der Waals surface area contributed by atoms with Crippen molar-refractivity contribution in [2.75, 3.05) is 10.0 Å². The molecule has 2 N–H and O–H groups in total. The lowest BCUT2D eigenvalue weighted by molar-refractivity contribution is 0.102. The van der Waals surface area contributed by atoms with Crippen LogP contribution in [0, 0.1) is 12.7 Å². The molecule has 0 saturated carbocycles. The SMILES string of the molecule is Cc1ccc(NS(=O)(=O)c2ccc(NC(=O)c3ccccc3F)cc2)cc1Cl. The Balaban J connectivity index is 1.75. The van der Waals surface area contributed by atoms with Crippen LogP contribution in [0.15, 0.2) is 71.6 Å². The summed E-state index contributed by atoms with van der Waals surface area (Å²) in [7, 11) is -3.83. The predicted molar refractivity (Wildman–Crippen MR) is 108 cm³/mol. The summed E-state index contributed by atoms with van der Waals surface area (Å²) in [5.41, 5.74) is 1.41. The van der Waals surface area contributed by atoms with Gasteiger partial charge in [-0.25, -0.2) is 12.8 Å². The van der Waals surface area contributed by atoms with Gasteiger partial charge in [-0.1, -0.05) is 29.8 Å². The van der Waals surface area contributed by atoms with E-state index in [1.54, 1.807) is 18.2 Å². The zero-order valence-corrected chi connectivity index (χ0v) is 16.3. The highest BCUT2D eigenvalue weighted by Crippen LogP contribution is 2.23. The Bertz CT molecular complexity index is 1130. The average Bonchev–Trinajstić information content (AvgIpc) is 2.65. The summed E-state index contributed by atoms with van der Waals surface area (Å²) in [5.74, 6) is -1.26. The molecule has 0 unspecified atom stereocenters. The van der Waals surface area contributed by atoms with Gasteiger partial charge in [-0.15, -0.1) is 0 Å². The molecule has 1 amide bonds. The van der Waals surface area contributed by atoms with Crippen molar-refractivity contribution < 1.29 is 17.6 Å². The van der Waals surface area contributed by atoms with Gasteiger partial charge >= 0.3 is 0 Å². The number of hydrogen-bond acceptors (Lipinski definition) is 3. The molecule has 3 aromatic rings. The number of aryl methyl sites for hydroxylation is 1. The lowest BCUT2D eigenvalue weighted by atomic mass is 10.2. The molecule has 3 aromatic carbocycles. The monoisotopic (exact) mass is 418 g/mol. The summed E-state index contributed by atoms with van der Waals surface area (Å²) in [6.45, 7) is 1.81. The predicted octanol–water partition coefficient (Wildman–Crippen LogP) is 4.84. The minimum atomic E-state index is -3.83. The molecule has 0 aliphatic rings. The van der Waals surface area contributed by atoms with E-state index in [9.17, 15) is 17.6 Å². The first-order valence-electron chi connectivity index (χ1n) is 8.21. The number of hydrogen-bond donors (Lipinski definition) is 2. The lowest BCUT2D eigenvalue weighted by Gasteiger charge is -2.10. The topological polar surface area (TPSA) is 75.3 Å². The van der Waals surface area contributed by atoms with Crippen molar-refractivity contribution >= 4 is 38.9 Å². The maximum Gasteiger partial charge on any atom is 0.261 e. The van der Waals surface area contributed by atoms with Crippen molar-refractivity contribution in [2.24, 2.45) is 0 Å². The maximum atomic E-state index is 13.7. The van der Waals surface area contributed by atoms with E-state index in [1.807, 2.05) is 6.92 Å². The third-order valence-corrected chi connectivity index (χ3v) is 5.77. The number of carbonyl (C=O) groups is 1. The number of halogens is 2. The molecular weight excluding hydrogens is 403 g/mol. The fourth-order valence-corrected chi connectivity index (χ4v) is 3.66. The van der Waals surface area contributed by atoms with Crippen LogP contribution in [0.3, 0.4) is 0 Å². The molecular formula is C20H16ClFN2O3S. The van der Waals surface area contributed by atoms with Gasteiger partial charge in [-0.05, 0) is 61.0 Å². The molecule has 5 nitrogen and oxygen atoms in total. The minimum Gasteiger partial charge on any atom is -0.322 e. The molecule has 28 heavy (non-hydrogen) atoms. The van der Waals surface area contributed by atoms with Gasteiger partial charge in [-0.3, -0.25) is 9.52 Å². The lowest BCUT2D eigenvalue weighted by Crippen LogP contribution is -2.15. The molecule has 0 aliphatic heterocycles. The average molecular weight is 419 g/mol. The summed E-state index contributed by atoms with van der Waals surface area (Å²) in [4.78, 5) is 12.1. The number of benzene rings is 3. The molecule has 0 heterocycles. The van der Waals surface area contributed by atoms with Gasteiger partial charge in [0.05, 0.1) is 16.1 Å². The molecule has 0 atom stereocenters. The number of sulfonamides is 1. The first-order valence-corrected chi connectivity index (χ1v) is 10.1. The molecule has 0 aliphatic carbocycles. The van der Waals surface area contributed by atoms with Crippen molar-refractivity contribution in [2.45, 2.75) is 11.8 Å². The van der Waals surface area contributed by atoms with Crippen molar-refractivity contribution in [3.63, 3.8) is 0 Å². The standard InChI is InChI=1S/C20H16ClFN2O3S/c1-13-6-7-15(12-18(13)21)24-28(26,27)16-10-8-14(9-11-16)23-20(25)17-4-2-3-5-19(17)22/h2-12,24H,1H3,(H,23,25). The Labute approximate surface area is 167 Å². The van der Waals surface area contributed by atoms with Crippen molar-refractivity contribution in [3.8, 4) is 0 Å². The summed E-state index contributed by atoms with van der Waals surface area (Å²) in [6.07, 6.45) is 0. The van der Waals surface area contributed by atoms with Crippen LogP contribution < -0.4 is 10.0 Å². The number of carbonyl (C=O) groups excluding carboxylic acids is 1. The Morgan fingerprint density at radius 2 is 1.61 bits per heavy atom. The van der Waals surface area contributed by atoms with Crippen LogP contribution in [-0.4, -0.2) is 14.3 Å². The molecule has 0 spiro atoms. The zero-order valence-electron chi connectivity index (χ0n) is 14.7. The van der Waals surface area contributed by atoms with Crippen LogP contribution in [0.25, 0.3) is 0 Å². The molecule has 144 valence electrons. The van der Waals surface area contributed by atoms with Gasteiger partial charge in [0.15, 0.2) is 0 Å². The van der Waals surface area contributed by atoms with Crippen LogP contribution in [0.5, 0.6) is 0 Å². The highest BCUT2D eigenvalue weighted by atomic mass is 35.5. The second kappa shape index (κ2) is 8.00. The van der Waals surface area contributed by atoms with Crippen LogP contribution in [0.2, 0.25) is 5.02 Å². The van der Waals surface area contributed by atoms with Crippen LogP contribution in [0.4, 0.5) is 15.8 Å². The Kier molecular flexibility index (Phi) is 5.67. The number of amides is 1. The summed E-state index contributed by atoms with van der Waals surface area (Å²) in [5, 5.41) is 2.98. The zero-order chi connectivity index (χ0) is 20.3. The van der Waals surface area contributed by atoms with Gasteiger partial charge in [-0.2, -0.15) is 0 Å². The largest absolute Gasteiger partial charge is 0.322 e. The van der Waals surface area contributed by atoms with E-state index >= 15 is 0 Å². The van der Waals surface area contributed by atoms with Gasteiger partial charge in [0.2, 0.25) is 0 Å². The molecule has 0 saturated heterocycles. The third kappa shape index (κ3) is 4.49. The first-order chi connectivity index (χ1) is 13.3. The van der Waals surface area contributed by atoms with Crippen molar-refractivity contribution in [1.29, 1.82) is 0 Å². The molecule has 0 radical (unpaired) electrons.